The molecule has 0 aliphatic carbocycles. The van der Waals surface area contributed by atoms with Crippen LogP contribution in [0.2, 0.25) is 0 Å². The maximum Gasteiger partial charge on any atom is 2.00 e. The number of aromatic nitrogens is 1. The second kappa shape index (κ2) is 9.12. The zero-order valence-electron chi connectivity index (χ0n) is 18.4. The van der Waals surface area contributed by atoms with Crippen molar-refractivity contribution in [2.75, 3.05) is 13.2 Å². The third-order valence-electron chi connectivity index (χ3n) is 6.10. The predicted octanol–water partition coefficient (Wildman–Crippen LogP) is -1.75. The number of rotatable bonds is 2. The largest absolute Gasteiger partial charge is 2.00 e. The van der Waals surface area contributed by atoms with Crippen molar-refractivity contribution >= 4 is 11.8 Å². The summed E-state index contributed by atoms with van der Waals surface area (Å²) in [6.45, 7) is 18.5. The van der Waals surface area contributed by atoms with E-state index in [1.165, 1.54) is 0 Å². The van der Waals surface area contributed by atoms with Crippen LogP contribution in [-0.4, -0.2) is 41.1 Å². The maximum absolute atomic E-state index is 5.90. The van der Waals surface area contributed by atoms with Gasteiger partial charge in [-0.1, -0.05) is 47.6 Å². The molecular formula is C21H31Cl2CoN3O2. The number of pyridine rings is 1. The number of nitrogens with zero attached hydrogens (tertiary/aromatic N) is 3. The van der Waals surface area contributed by atoms with E-state index in [1.54, 1.807) is 0 Å². The summed E-state index contributed by atoms with van der Waals surface area (Å²) in [5, 5.41) is 0. The Balaban J connectivity index is 0.00000261. The van der Waals surface area contributed by atoms with Crippen LogP contribution in [0.4, 0.5) is 0 Å². The number of hydrogen-bond acceptors (Lipinski definition) is 5. The molecule has 3 heterocycles. The van der Waals surface area contributed by atoms with Crippen LogP contribution in [0, 0.1) is 10.8 Å². The van der Waals surface area contributed by atoms with Gasteiger partial charge in [-0.15, -0.1) is 0 Å². The van der Waals surface area contributed by atoms with Gasteiger partial charge in [0.05, 0.1) is 0 Å². The summed E-state index contributed by atoms with van der Waals surface area (Å²) in [6, 6.07) is 5.80. The van der Waals surface area contributed by atoms with Crippen LogP contribution in [-0.2, 0) is 26.3 Å². The van der Waals surface area contributed by atoms with Gasteiger partial charge in [-0.2, -0.15) is 0 Å². The van der Waals surface area contributed by atoms with Gasteiger partial charge >= 0.3 is 16.8 Å². The van der Waals surface area contributed by atoms with Crippen LogP contribution in [0.25, 0.3) is 0 Å². The van der Waals surface area contributed by atoms with Crippen LogP contribution in [0.1, 0.15) is 66.8 Å². The van der Waals surface area contributed by atoms with Crippen molar-refractivity contribution in [3.8, 4) is 0 Å². The van der Waals surface area contributed by atoms with Gasteiger partial charge < -0.3 is 34.3 Å². The molecule has 5 nitrogen and oxygen atoms in total. The Morgan fingerprint density at radius 2 is 1.10 bits per heavy atom. The minimum atomic E-state index is -0.258. The Bertz CT molecular complexity index is 726. The van der Waals surface area contributed by atoms with Crippen LogP contribution in [0.5, 0.6) is 0 Å². The van der Waals surface area contributed by atoms with Gasteiger partial charge in [0, 0.05) is 0 Å². The second-order valence-corrected chi connectivity index (χ2v) is 9.87. The van der Waals surface area contributed by atoms with Gasteiger partial charge in [-0.25, -0.2) is 15.0 Å². The van der Waals surface area contributed by atoms with Gasteiger partial charge in [0.2, 0.25) is 11.8 Å². The Kier molecular flexibility index (Phi) is 8.87. The minimum Gasteiger partial charge on any atom is -1.00 e. The summed E-state index contributed by atoms with van der Waals surface area (Å²) in [5.74, 6) is 1.20. The molecule has 29 heavy (non-hydrogen) atoms. The van der Waals surface area contributed by atoms with E-state index in [9.17, 15) is 0 Å². The molecule has 0 fully saturated rings. The van der Waals surface area contributed by atoms with E-state index in [1.807, 2.05) is 18.2 Å². The Morgan fingerprint density at radius 1 is 0.759 bits per heavy atom. The molecule has 0 spiro atoms. The molecule has 3 rings (SSSR count). The summed E-state index contributed by atoms with van der Waals surface area (Å²) in [7, 11) is 0. The van der Waals surface area contributed by atoms with Crippen molar-refractivity contribution in [1.29, 1.82) is 0 Å². The topological polar surface area (TPSA) is 56.1 Å². The fourth-order valence-electron chi connectivity index (χ4n) is 2.70. The summed E-state index contributed by atoms with van der Waals surface area (Å²) in [5.41, 5.74) is 0.967. The first-order valence-electron chi connectivity index (χ1n) is 9.28. The van der Waals surface area contributed by atoms with Crippen molar-refractivity contribution in [2.45, 2.75) is 66.5 Å². The summed E-state index contributed by atoms with van der Waals surface area (Å²) in [4.78, 5) is 14.4. The van der Waals surface area contributed by atoms with Crippen molar-refractivity contribution < 1.29 is 51.1 Å². The molecule has 1 aromatic heterocycles. The molecule has 0 saturated heterocycles. The quantitative estimate of drug-likeness (QED) is 0.498. The molecule has 1 aromatic rings. The smallest absolute Gasteiger partial charge is 1.00 e. The van der Waals surface area contributed by atoms with E-state index >= 15 is 0 Å². The van der Waals surface area contributed by atoms with Gasteiger partial charge in [0.1, 0.15) is 35.7 Å². The fraction of sp³-hybridized carbons (Fsp3) is 0.667. The SMILES string of the molecule is CC(C)(C)C1(C)COC(c2cccc(C3=NC(C)(C(C)(C)C)CO3)n2)=N1.[Cl-].[Cl-].[Co+2]. The number of halogens is 2. The zero-order valence-corrected chi connectivity index (χ0v) is 20.9. The second-order valence-electron chi connectivity index (χ2n) is 9.87. The number of aliphatic imine (C=N–C) groups is 2. The average Bonchev–Trinajstić information content (AvgIpc) is 3.12. The van der Waals surface area contributed by atoms with Crippen molar-refractivity contribution in [2.24, 2.45) is 20.8 Å². The maximum atomic E-state index is 5.90. The Morgan fingerprint density at radius 3 is 1.38 bits per heavy atom. The van der Waals surface area contributed by atoms with E-state index in [-0.39, 0.29) is 63.5 Å². The molecule has 0 saturated carbocycles. The standard InChI is InChI=1S/C21H31N3O2.2ClH.Co/c1-18(2,3)20(7)12-25-16(23-20)14-10-9-11-15(22-14)17-24-21(8,13-26-17)19(4,5)6;;;/h9-11H,12-13H2,1-8H3;2*1H;/q;;;+2/p-2. The Labute approximate surface area is 197 Å². The van der Waals surface area contributed by atoms with E-state index in [0.29, 0.717) is 25.0 Å². The van der Waals surface area contributed by atoms with Gasteiger partial charge in [-0.3, -0.25) is 0 Å². The molecule has 165 valence electrons. The molecule has 2 unspecified atom stereocenters. The monoisotopic (exact) mass is 486 g/mol. The van der Waals surface area contributed by atoms with Crippen LogP contribution >= 0.6 is 0 Å². The van der Waals surface area contributed by atoms with Gasteiger partial charge in [-0.05, 0) is 36.8 Å². The first-order valence-corrected chi connectivity index (χ1v) is 9.28. The summed E-state index contributed by atoms with van der Waals surface area (Å²) in [6.07, 6.45) is 0. The molecule has 2 atom stereocenters. The molecule has 2 aliphatic rings. The molecule has 0 amide bonds. The third kappa shape index (κ3) is 5.27. The van der Waals surface area contributed by atoms with Crippen molar-refractivity contribution in [1.82, 2.24) is 4.98 Å². The third-order valence-corrected chi connectivity index (χ3v) is 6.10. The number of ether oxygens (including phenoxy) is 2. The number of hydrogen-bond donors (Lipinski definition) is 0. The average molecular weight is 487 g/mol. The summed E-state index contributed by atoms with van der Waals surface area (Å²) < 4.78 is 11.8. The molecular weight excluding hydrogens is 456 g/mol. The van der Waals surface area contributed by atoms with E-state index in [2.05, 4.69) is 55.4 Å². The van der Waals surface area contributed by atoms with Crippen LogP contribution in [0.15, 0.2) is 28.2 Å². The van der Waals surface area contributed by atoms with Crippen LogP contribution in [0.3, 0.4) is 0 Å². The van der Waals surface area contributed by atoms with Crippen molar-refractivity contribution in [3.63, 3.8) is 0 Å². The predicted molar refractivity (Wildman–Crippen MR) is 105 cm³/mol. The van der Waals surface area contributed by atoms with E-state index in [4.69, 9.17) is 24.4 Å². The molecule has 1 radical (unpaired) electrons. The summed E-state index contributed by atoms with van der Waals surface area (Å²) >= 11 is 0. The van der Waals surface area contributed by atoms with Crippen molar-refractivity contribution in [3.05, 3.63) is 29.6 Å². The van der Waals surface area contributed by atoms with Crippen LogP contribution < -0.4 is 24.8 Å². The minimum absolute atomic E-state index is 0. The first-order chi connectivity index (χ1) is 11.8. The van der Waals surface area contributed by atoms with Gasteiger partial charge in [0.25, 0.3) is 0 Å². The fourth-order valence-corrected chi connectivity index (χ4v) is 2.70. The molecule has 0 bridgehead atoms. The van der Waals surface area contributed by atoms with Gasteiger partial charge in [0.15, 0.2) is 0 Å². The molecule has 0 aromatic carbocycles. The Hall–Kier alpha value is -0.824. The molecule has 8 heteroatoms. The first kappa shape index (κ1) is 28.2. The molecule has 2 aliphatic heterocycles. The molecule has 0 N–H and O–H groups in total. The normalized spacial score (nSPS) is 26.1. The van der Waals surface area contributed by atoms with E-state index < -0.39 is 0 Å². The zero-order chi connectivity index (χ0) is 19.4. The van der Waals surface area contributed by atoms with E-state index in [0.717, 1.165) is 11.4 Å².